The lowest BCUT2D eigenvalue weighted by Gasteiger charge is -2.58. The van der Waals surface area contributed by atoms with Crippen LogP contribution in [0.2, 0.25) is 0 Å². The van der Waals surface area contributed by atoms with E-state index in [2.05, 4.69) is 13.8 Å². The van der Waals surface area contributed by atoms with Crippen molar-refractivity contribution >= 4 is 11.6 Å². The van der Waals surface area contributed by atoms with E-state index >= 15 is 0 Å². The van der Waals surface area contributed by atoms with Crippen LogP contribution in [0.1, 0.15) is 65.2 Å². The quantitative estimate of drug-likeness (QED) is 0.675. The van der Waals surface area contributed by atoms with Crippen molar-refractivity contribution in [2.75, 3.05) is 0 Å². The fourth-order valence-electron chi connectivity index (χ4n) is 6.82. The molecule has 4 fully saturated rings. The number of hydrogen-bond acceptors (Lipinski definition) is 2. The Hall–Kier alpha value is -0.730. The zero-order valence-electron chi connectivity index (χ0n) is 13.7. The normalized spacial score (nSPS) is 54.6. The molecular formula is C19H27FO2. The van der Waals surface area contributed by atoms with Crippen LogP contribution in [-0.2, 0) is 9.59 Å². The maximum absolute atomic E-state index is 14.5. The van der Waals surface area contributed by atoms with Crippen LogP contribution in [0.3, 0.4) is 0 Å². The summed E-state index contributed by atoms with van der Waals surface area (Å²) in [4.78, 5) is 25.5. The topological polar surface area (TPSA) is 34.1 Å². The van der Waals surface area contributed by atoms with Crippen LogP contribution in [-0.4, -0.2) is 17.7 Å². The van der Waals surface area contributed by atoms with Gasteiger partial charge in [-0.2, -0.15) is 0 Å². The molecule has 7 atom stereocenters. The number of hydrogen-bond donors (Lipinski definition) is 0. The van der Waals surface area contributed by atoms with Crippen molar-refractivity contribution in [1.82, 2.24) is 0 Å². The highest BCUT2D eigenvalue weighted by Crippen LogP contribution is 2.65. The van der Waals surface area contributed by atoms with Gasteiger partial charge >= 0.3 is 0 Å². The molecule has 0 aromatic carbocycles. The maximum Gasteiger partial charge on any atom is 0.139 e. The van der Waals surface area contributed by atoms with Gasteiger partial charge in [-0.15, -0.1) is 0 Å². The van der Waals surface area contributed by atoms with E-state index in [-0.39, 0.29) is 17.3 Å². The minimum Gasteiger partial charge on any atom is -0.299 e. The van der Waals surface area contributed by atoms with E-state index in [0.29, 0.717) is 42.7 Å². The molecule has 2 nitrogen and oxygen atoms in total. The van der Waals surface area contributed by atoms with Gasteiger partial charge in [0.15, 0.2) is 0 Å². The standard InChI is InChI=1S/C19H27FO2/c1-18-9-8-13-11(12(18)6-7-16(18)20)10-15(21)14-4-3-5-17(22)19(13,14)2/h11-14,16H,3-10H2,1-2H3/t11-,12-,13+,14?,16?,18-,19+/m0/s1. The predicted molar refractivity (Wildman–Crippen MR) is 82.0 cm³/mol. The molecule has 2 unspecified atom stereocenters. The molecule has 4 aliphatic carbocycles. The highest BCUT2D eigenvalue weighted by molar-refractivity contribution is 5.95. The molecule has 122 valence electrons. The predicted octanol–water partition coefficient (Wildman–Crippen LogP) is 4.12. The van der Waals surface area contributed by atoms with Gasteiger partial charge in [0, 0.05) is 29.6 Å². The number of alkyl halides is 1. The van der Waals surface area contributed by atoms with Gasteiger partial charge in [-0.1, -0.05) is 13.8 Å². The number of carbonyl (C=O) groups is 2. The molecule has 4 rings (SSSR count). The third-order valence-electron chi connectivity index (χ3n) is 8.14. The Kier molecular flexibility index (Phi) is 3.13. The number of carbonyl (C=O) groups excluding carboxylic acids is 2. The van der Waals surface area contributed by atoms with E-state index in [1.165, 1.54) is 0 Å². The van der Waals surface area contributed by atoms with Crippen LogP contribution in [0.25, 0.3) is 0 Å². The SMILES string of the molecule is C[C@]12C(=O)CCCC1C(=O)C[C@@H]1[C@H]2CC[C@]2(C)C(F)CC[C@@H]12. The molecule has 22 heavy (non-hydrogen) atoms. The Bertz CT molecular complexity index is 530. The van der Waals surface area contributed by atoms with Crippen LogP contribution in [0.5, 0.6) is 0 Å². The van der Waals surface area contributed by atoms with Gasteiger partial charge < -0.3 is 0 Å². The molecule has 0 aliphatic heterocycles. The summed E-state index contributed by atoms with van der Waals surface area (Å²) in [6, 6.07) is 0. The summed E-state index contributed by atoms with van der Waals surface area (Å²) in [6.07, 6.45) is 5.65. The molecular weight excluding hydrogens is 279 g/mol. The summed E-state index contributed by atoms with van der Waals surface area (Å²) in [7, 11) is 0. The third kappa shape index (κ3) is 1.66. The Labute approximate surface area is 132 Å². The maximum atomic E-state index is 14.5. The summed E-state index contributed by atoms with van der Waals surface area (Å²) in [5.41, 5.74) is -0.698. The summed E-state index contributed by atoms with van der Waals surface area (Å²) in [6.45, 7) is 4.16. The first-order valence-corrected chi connectivity index (χ1v) is 9.09. The second-order valence-corrected chi connectivity index (χ2v) is 8.79. The lowest BCUT2D eigenvalue weighted by molar-refractivity contribution is -0.165. The molecule has 0 heterocycles. The van der Waals surface area contributed by atoms with Gasteiger partial charge in [-0.05, 0) is 56.3 Å². The minimum atomic E-state index is -0.721. The van der Waals surface area contributed by atoms with Crippen molar-refractivity contribution < 1.29 is 14.0 Å². The Balaban J connectivity index is 1.74. The lowest BCUT2D eigenvalue weighted by Crippen LogP contribution is -2.59. The Morgan fingerprint density at radius 3 is 2.59 bits per heavy atom. The highest BCUT2D eigenvalue weighted by Gasteiger charge is 2.64. The number of ketones is 2. The smallest absolute Gasteiger partial charge is 0.139 e. The molecule has 0 bridgehead atoms. The van der Waals surface area contributed by atoms with E-state index in [1.807, 2.05) is 0 Å². The molecule has 0 radical (unpaired) electrons. The molecule has 4 aliphatic rings. The second kappa shape index (κ2) is 4.64. The van der Waals surface area contributed by atoms with Crippen molar-refractivity contribution in [3.8, 4) is 0 Å². The molecule has 0 aromatic rings. The van der Waals surface area contributed by atoms with Crippen molar-refractivity contribution in [2.45, 2.75) is 71.4 Å². The molecule has 0 amide bonds. The first kappa shape index (κ1) is 14.8. The first-order chi connectivity index (χ1) is 10.4. The number of rotatable bonds is 0. The summed E-state index contributed by atoms with van der Waals surface area (Å²) in [5, 5.41) is 0. The van der Waals surface area contributed by atoms with Crippen molar-refractivity contribution in [3.63, 3.8) is 0 Å². The zero-order valence-corrected chi connectivity index (χ0v) is 13.7. The average molecular weight is 306 g/mol. The molecule has 4 saturated carbocycles. The largest absolute Gasteiger partial charge is 0.299 e. The van der Waals surface area contributed by atoms with Crippen molar-refractivity contribution in [2.24, 2.45) is 34.5 Å². The van der Waals surface area contributed by atoms with Crippen LogP contribution in [0.4, 0.5) is 4.39 Å². The number of fused-ring (bicyclic) bond motifs is 5. The Morgan fingerprint density at radius 1 is 1.05 bits per heavy atom. The first-order valence-electron chi connectivity index (χ1n) is 9.09. The zero-order chi connectivity index (χ0) is 15.7. The third-order valence-corrected chi connectivity index (χ3v) is 8.14. The average Bonchev–Trinajstić information content (AvgIpc) is 2.78. The van der Waals surface area contributed by atoms with Crippen molar-refractivity contribution in [3.05, 3.63) is 0 Å². The highest BCUT2D eigenvalue weighted by atomic mass is 19.1. The fourth-order valence-corrected chi connectivity index (χ4v) is 6.82. The van der Waals surface area contributed by atoms with E-state index < -0.39 is 11.6 Å². The molecule has 3 heteroatoms. The summed E-state index contributed by atoms with van der Waals surface area (Å²) < 4.78 is 14.5. The van der Waals surface area contributed by atoms with Crippen LogP contribution >= 0.6 is 0 Å². The Morgan fingerprint density at radius 2 is 1.82 bits per heavy atom. The molecule has 0 saturated heterocycles. The van der Waals surface area contributed by atoms with Gasteiger partial charge in [0.05, 0.1) is 0 Å². The van der Waals surface area contributed by atoms with E-state index in [0.717, 1.165) is 32.1 Å². The number of halogens is 1. The fraction of sp³-hybridized carbons (Fsp3) is 0.895. The lowest BCUT2D eigenvalue weighted by atomic mass is 9.44. The minimum absolute atomic E-state index is 0.0538. The van der Waals surface area contributed by atoms with Gasteiger partial charge in [-0.25, -0.2) is 4.39 Å². The second-order valence-electron chi connectivity index (χ2n) is 8.79. The van der Waals surface area contributed by atoms with E-state index in [1.54, 1.807) is 0 Å². The van der Waals surface area contributed by atoms with E-state index in [4.69, 9.17) is 0 Å². The van der Waals surface area contributed by atoms with Crippen LogP contribution in [0.15, 0.2) is 0 Å². The van der Waals surface area contributed by atoms with Crippen molar-refractivity contribution in [1.29, 1.82) is 0 Å². The van der Waals surface area contributed by atoms with Crippen LogP contribution in [0, 0.1) is 34.5 Å². The van der Waals surface area contributed by atoms with Gasteiger partial charge in [0.2, 0.25) is 0 Å². The van der Waals surface area contributed by atoms with Crippen LogP contribution < -0.4 is 0 Å². The summed E-state index contributed by atoms with van der Waals surface area (Å²) in [5.74, 6) is 1.41. The molecule has 0 N–H and O–H groups in total. The number of Topliss-reactive ketones (excluding diaryl/α,β-unsaturated/α-hetero) is 2. The van der Waals surface area contributed by atoms with Gasteiger partial charge in [-0.3, -0.25) is 9.59 Å². The molecule has 0 spiro atoms. The van der Waals surface area contributed by atoms with Gasteiger partial charge in [0.25, 0.3) is 0 Å². The van der Waals surface area contributed by atoms with E-state index in [9.17, 15) is 14.0 Å². The molecule has 0 aromatic heterocycles. The monoisotopic (exact) mass is 306 g/mol. The van der Waals surface area contributed by atoms with Gasteiger partial charge in [0.1, 0.15) is 17.7 Å². The summed E-state index contributed by atoms with van der Waals surface area (Å²) >= 11 is 0.